The lowest BCUT2D eigenvalue weighted by Gasteiger charge is -2.08. The molecule has 0 unspecified atom stereocenters. The van der Waals surface area contributed by atoms with Crippen LogP contribution in [0.15, 0.2) is 124 Å². The molecule has 3 heterocycles. The zero-order valence-corrected chi connectivity index (χ0v) is 21.4. The number of thiazole rings is 1. The van der Waals surface area contributed by atoms with Crippen LogP contribution in [0.5, 0.6) is 0 Å². The lowest BCUT2D eigenvalue weighted by Crippen LogP contribution is -2.18. The molecular weight excluding hydrogens is 502 g/mol. The molecule has 6 heteroatoms. The van der Waals surface area contributed by atoms with E-state index >= 15 is 0 Å². The highest BCUT2D eigenvalue weighted by molar-refractivity contribution is 7.24. The summed E-state index contributed by atoms with van der Waals surface area (Å²) < 4.78 is 8.70. The smallest absolute Gasteiger partial charge is 0.356 e. The van der Waals surface area contributed by atoms with Gasteiger partial charge in [-0.2, -0.15) is 9.97 Å². The number of hydrogen-bond donors (Lipinski definition) is 0. The van der Waals surface area contributed by atoms with Crippen molar-refractivity contribution in [1.29, 1.82) is 0 Å². The quantitative estimate of drug-likeness (QED) is 0.235. The second-order valence-corrected chi connectivity index (χ2v) is 10.4. The van der Waals surface area contributed by atoms with Crippen molar-refractivity contribution < 1.29 is 4.42 Å². The molecular formula is C33H19N3O2S. The highest BCUT2D eigenvalue weighted by Crippen LogP contribution is 2.39. The first-order chi connectivity index (χ1) is 19.2. The molecule has 0 spiro atoms. The summed E-state index contributed by atoms with van der Waals surface area (Å²) in [6.07, 6.45) is 0. The van der Waals surface area contributed by atoms with E-state index in [1.807, 2.05) is 78.9 Å². The first-order valence-electron chi connectivity index (χ1n) is 12.6. The summed E-state index contributed by atoms with van der Waals surface area (Å²) in [6.45, 7) is 0. The first kappa shape index (κ1) is 22.0. The number of fused-ring (bicyclic) bond motifs is 6. The summed E-state index contributed by atoms with van der Waals surface area (Å²) >= 11 is 1.51. The Labute approximate surface area is 226 Å². The molecule has 0 aliphatic heterocycles. The van der Waals surface area contributed by atoms with Gasteiger partial charge in [0.1, 0.15) is 11.2 Å². The van der Waals surface area contributed by atoms with E-state index in [0.29, 0.717) is 10.8 Å². The summed E-state index contributed by atoms with van der Waals surface area (Å²) in [4.78, 5) is 23.7. The van der Waals surface area contributed by atoms with Crippen LogP contribution in [-0.2, 0) is 0 Å². The van der Waals surface area contributed by atoms with Crippen LogP contribution in [0.3, 0.4) is 0 Å². The van der Waals surface area contributed by atoms with Crippen molar-refractivity contribution in [3.05, 3.63) is 126 Å². The van der Waals surface area contributed by atoms with Gasteiger partial charge in [-0.25, -0.2) is 9.20 Å². The average molecular weight is 522 g/mol. The maximum atomic E-state index is 13.7. The predicted molar refractivity (Wildman–Crippen MR) is 158 cm³/mol. The minimum Gasteiger partial charge on any atom is -0.456 e. The second-order valence-electron chi connectivity index (χ2n) is 9.43. The van der Waals surface area contributed by atoms with E-state index in [9.17, 15) is 4.79 Å². The van der Waals surface area contributed by atoms with Gasteiger partial charge in [0.05, 0.1) is 10.2 Å². The van der Waals surface area contributed by atoms with Crippen LogP contribution in [0, 0.1) is 0 Å². The fourth-order valence-electron chi connectivity index (χ4n) is 5.35. The lowest BCUT2D eigenvalue weighted by atomic mass is 9.98. The summed E-state index contributed by atoms with van der Waals surface area (Å²) in [5.41, 5.74) is 7.03. The zero-order valence-electron chi connectivity index (χ0n) is 20.5. The van der Waals surface area contributed by atoms with Crippen molar-refractivity contribution in [1.82, 2.24) is 14.4 Å². The van der Waals surface area contributed by atoms with Gasteiger partial charge in [-0.15, -0.1) is 0 Å². The standard InChI is InChI=1S/C33H19N3O2S/c37-32-34-31(24-15-9-17-28-29(24)23-14-7-8-16-27(23)38-28)35-33-36(32)26-19-22(20-10-3-1-4-11-20)18-25(30(26)39-33)21-12-5-2-6-13-21/h1-19H. The van der Waals surface area contributed by atoms with E-state index in [1.165, 1.54) is 11.3 Å². The topological polar surface area (TPSA) is 60.4 Å². The van der Waals surface area contributed by atoms with Gasteiger partial charge in [-0.05, 0) is 41.0 Å². The predicted octanol–water partition coefficient (Wildman–Crippen LogP) is 8.20. The van der Waals surface area contributed by atoms with Gasteiger partial charge in [0, 0.05) is 21.9 Å². The minimum atomic E-state index is -0.352. The van der Waals surface area contributed by atoms with Gasteiger partial charge in [-0.3, -0.25) is 0 Å². The average Bonchev–Trinajstić information content (AvgIpc) is 3.56. The molecule has 0 bridgehead atoms. The molecule has 0 atom stereocenters. The van der Waals surface area contributed by atoms with Crippen molar-refractivity contribution in [3.8, 4) is 33.6 Å². The van der Waals surface area contributed by atoms with Gasteiger partial charge < -0.3 is 4.42 Å². The van der Waals surface area contributed by atoms with Crippen LogP contribution in [0.25, 0.3) is 70.8 Å². The van der Waals surface area contributed by atoms with Gasteiger partial charge >= 0.3 is 5.69 Å². The van der Waals surface area contributed by atoms with Crippen LogP contribution < -0.4 is 5.69 Å². The second kappa shape index (κ2) is 8.48. The number of nitrogens with zero attached hydrogens (tertiary/aromatic N) is 3. The van der Waals surface area contributed by atoms with Crippen molar-refractivity contribution in [2.45, 2.75) is 0 Å². The van der Waals surface area contributed by atoms with Crippen LogP contribution in [-0.4, -0.2) is 14.4 Å². The molecule has 0 saturated carbocycles. The Hall–Kier alpha value is -5.07. The van der Waals surface area contributed by atoms with E-state index in [1.54, 1.807) is 4.40 Å². The number of para-hydroxylation sites is 1. The van der Waals surface area contributed by atoms with Crippen LogP contribution in [0.1, 0.15) is 0 Å². The molecule has 0 amide bonds. The van der Waals surface area contributed by atoms with E-state index in [-0.39, 0.29) is 5.69 Å². The Morgan fingerprint density at radius 1 is 0.641 bits per heavy atom. The number of furan rings is 1. The van der Waals surface area contributed by atoms with E-state index < -0.39 is 0 Å². The minimum absolute atomic E-state index is 0.352. The summed E-state index contributed by atoms with van der Waals surface area (Å²) in [5.74, 6) is 0.397. The third kappa shape index (κ3) is 3.42. The summed E-state index contributed by atoms with van der Waals surface area (Å²) in [5, 5.41) is 1.89. The van der Waals surface area contributed by atoms with E-state index in [0.717, 1.165) is 60.0 Å². The summed E-state index contributed by atoms with van der Waals surface area (Å²) in [6, 6.07) is 38.4. The molecule has 0 fully saturated rings. The maximum absolute atomic E-state index is 13.7. The molecule has 0 aliphatic rings. The lowest BCUT2D eigenvalue weighted by molar-refractivity contribution is 0.669. The molecule has 3 aromatic heterocycles. The molecule has 5 nitrogen and oxygen atoms in total. The van der Waals surface area contributed by atoms with E-state index in [4.69, 9.17) is 9.40 Å². The number of rotatable bonds is 3. The molecule has 184 valence electrons. The van der Waals surface area contributed by atoms with Gasteiger partial charge in [0.25, 0.3) is 0 Å². The van der Waals surface area contributed by atoms with Crippen LogP contribution >= 0.6 is 11.3 Å². The monoisotopic (exact) mass is 521 g/mol. The highest BCUT2D eigenvalue weighted by Gasteiger charge is 2.19. The third-order valence-corrected chi connectivity index (χ3v) is 8.21. The van der Waals surface area contributed by atoms with Crippen molar-refractivity contribution in [2.24, 2.45) is 0 Å². The summed E-state index contributed by atoms with van der Waals surface area (Å²) in [7, 11) is 0. The fourth-order valence-corrected chi connectivity index (χ4v) is 6.48. The van der Waals surface area contributed by atoms with Crippen LogP contribution in [0.4, 0.5) is 0 Å². The van der Waals surface area contributed by atoms with Crippen molar-refractivity contribution >= 4 is 48.5 Å². The molecule has 0 aliphatic carbocycles. The SMILES string of the molecule is O=c1nc(-c2cccc3oc4ccccc4c23)nc2sc3c(-c4ccccc4)cc(-c4ccccc4)cc3n12. The molecule has 8 aromatic rings. The first-order valence-corrected chi connectivity index (χ1v) is 13.4. The van der Waals surface area contributed by atoms with Gasteiger partial charge in [0.2, 0.25) is 4.96 Å². The fraction of sp³-hybridized carbons (Fsp3) is 0. The number of aromatic nitrogens is 3. The largest absolute Gasteiger partial charge is 0.456 e. The van der Waals surface area contributed by atoms with E-state index in [2.05, 4.69) is 41.4 Å². The van der Waals surface area contributed by atoms with Crippen LogP contribution in [0.2, 0.25) is 0 Å². The third-order valence-electron chi connectivity index (χ3n) is 7.12. The van der Waals surface area contributed by atoms with Gasteiger partial charge in [-0.1, -0.05) is 102 Å². The Bertz CT molecular complexity index is 2250. The molecule has 39 heavy (non-hydrogen) atoms. The molecule has 8 rings (SSSR count). The number of benzene rings is 5. The number of hydrogen-bond acceptors (Lipinski definition) is 5. The van der Waals surface area contributed by atoms with Crippen molar-refractivity contribution in [2.75, 3.05) is 0 Å². The Morgan fingerprint density at radius 2 is 1.36 bits per heavy atom. The maximum Gasteiger partial charge on any atom is 0.356 e. The van der Waals surface area contributed by atoms with Crippen molar-refractivity contribution in [3.63, 3.8) is 0 Å². The molecule has 0 saturated heterocycles. The Morgan fingerprint density at radius 3 is 2.18 bits per heavy atom. The Balaban J connectivity index is 1.43. The molecule has 0 N–H and O–H groups in total. The molecule has 0 radical (unpaired) electrons. The Kier molecular flexibility index (Phi) is 4.77. The normalized spacial score (nSPS) is 11.7. The zero-order chi connectivity index (χ0) is 25.9. The highest BCUT2D eigenvalue weighted by atomic mass is 32.1. The molecule has 5 aromatic carbocycles. The van der Waals surface area contributed by atoms with Gasteiger partial charge in [0.15, 0.2) is 5.82 Å².